The molecule has 13 heteroatoms. The van der Waals surface area contributed by atoms with E-state index in [1.165, 1.54) is 4.90 Å². The Hall–Kier alpha value is -3.03. The maximum atomic E-state index is 13.1. The molecule has 4 heterocycles. The Balaban J connectivity index is 1.55. The van der Waals surface area contributed by atoms with Crippen molar-refractivity contribution in [2.45, 2.75) is 33.5 Å². The number of aromatic nitrogens is 6. The van der Waals surface area contributed by atoms with Gasteiger partial charge >= 0.3 is 6.18 Å². The number of nitrogens with zero attached hydrogens (tertiary/aromatic N) is 6. The van der Waals surface area contributed by atoms with E-state index in [0.29, 0.717) is 22.2 Å². The number of H-pyrrole nitrogens is 1. The Morgan fingerprint density at radius 2 is 2.03 bits per heavy atom. The van der Waals surface area contributed by atoms with Crippen LogP contribution in [0.3, 0.4) is 0 Å². The molecule has 4 rings (SSSR count). The Kier molecular flexibility index (Phi) is 6.60. The molecule has 0 amide bonds. The number of aliphatic hydroxyl groups is 1. The van der Waals surface area contributed by atoms with E-state index in [2.05, 4.69) is 29.9 Å². The Bertz CT molecular complexity index is 1250. The van der Waals surface area contributed by atoms with Crippen LogP contribution < -0.4 is 5.32 Å². The van der Waals surface area contributed by atoms with Crippen LogP contribution in [0.25, 0.3) is 16.9 Å². The number of halogens is 3. The zero-order valence-electron chi connectivity index (χ0n) is 18.9. The summed E-state index contributed by atoms with van der Waals surface area (Å²) in [5.41, 5.74) is 2.89. The molecule has 0 bridgehead atoms. The maximum absolute atomic E-state index is 13.1. The third kappa shape index (κ3) is 5.72. The fourth-order valence-electron chi connectivity index (χ4n) is 3.66. The standard InChI is InChI=1S/C21H25F3N8OS/c1-13-8-32-16(14-5-26-27-6-14)7-25-19(32)18(28-13)29-17-4-15(30-34-17)9-31(11-21(22,23)24)10-20(2,3)12-33/h4-8,33H,9-12H2,1-3H3,(H,26,27)(H,28,29). The second-order valence-corrected chi connectivity index (χ2v) is 9.75. The van der Waals surface area contributed by atoms with Crippen molar-refractivity contribution in [3.8, 4) is 11.3 Å². The quantitative estimate of drug-likeness (QED) is 0.323. The van der Waals surface area contributed by atoms with E-state index in [-0.39, 0.29) is 19.7 Å². The molecule has 4 aromatic rings. The van der Waals surface area contributed by atoms with E-state index in [9.17, 15) is 18.3 Å². The lowest BCUT2D eigenvalue weighted by Crippen LogP contribution is -2.41. The minimum Gasteiger partial charge on any atom is -0.396 e. The molecular formula is C21H25F3N8OS. The van der Waals surface area contributed by atoms with E-state index < -0.39 is 18.1 Å². The summed E-state index contributed by atoms with van der Waals surface area (Å²) < 4.78 is 45.6. The summed E-state index contributed by atoms with van der Waals surface area (Å²) >= 11 is 1.14. The number of aryl methyl sites for hydroxylation is 1. The predicted octanol–water partition coefficient (Wildman–Crippen LogP) is 4.01. The summed E-state index contributed by atoms with van der Waals surface area (Å²) in [6.07, 6.45) is 2.71. The lowest BCUT2D eigenvalue weighted by molar-refractivity contribution is -0.150. The van der Waals surface area contributed by atoms with Crippen LogP contribution in [0.2, 0.25) is 0 Å². The van der Waals surface area contributed by atoms with Gasteiger partial charge in [0.1, 0.15) is 5.00 Å². The fourth-order valence-corrected chi connectivity index (χ4v) is 4.32. The Morgan fingerprint density at radius 3 is 2.71 bits per heavy atom. The highest BCUT2D eigenvalue weighted by Crippen LogP contribution is 2.29. The Morgan fingerprint density at radius 1 is 1.24 bits per heavy atom. The largest absolute Gasteiger partial charge is 0.401 e. The molecule has 182 valence electrons. The number of anilines is 2. The lowest BCUT2D eigenvalue weighted by atomic mass is 9.94. The van der Waals surface area contributed by atoms with Crippen molar-refractivity contribution in [2.75, 3.05) is 25.0 Å². The number of imidazole rings is 1. The van der Waals surface area contributed by atoms with Crippen molar-refractivity contribution in [1.29, 1.82) is 0 Å². The molecule has 9 nitrogen and oxygen atoms in total. The molecule has 0 atom stereocenters. The number of aromatic amines is 1. The van der Waals surface area contributed by atoms with Crippen molar-refractivity contribution in [2.24, 2.45) is 5.41 Å². The van der Waals surface area contributed by atoms with Crippen molar-refractivity contribution < 1.29 is 18.3 Å². The maximum Gasteiger partial charge on any atom is 0.401 e. The van der Waals surface area contributed by atoms with Crippen LogP contribution in [0.15, 0.2) is 30.9 Å². The normalized spacial score (nSPS) is 12.7. The summed E-state index contributed by atoms with van der Waals surface area (Å²) in [7, 11) is 0. The van der Waals surface area contributed by atoms with Gasteiger partial charge in [0.2, 0.25) is 0 Å². The van der Waals surface area contributed by atoms with Crippen molar-refractivity contribution >= 4 is 28.0 Å². The van der Waals surface area contributed by atoms with Crippen LogP contribution in [0.4, 0.5) is 24.0 Å². The first-order valence-electron chi connectivity index (χ1n) is 10.5. The van der Waals surface area contributed by atoms with Crippen LogP contribution in [0.1, 0.15) is 25.2 Å². The molecule has 0 aliphatic carbocycles. The fraction of sp³-hybridized carbons (Fsp3) is 0.429. The summed E-state index contributed by atoms with van der Waals surface area (Å²) in [5.74, 6) is 0.513. The summed E-state index contributed by atoms with van der Waals surface area (Å²) in [5, 5.41) is 20.1. The van der Waals surface area contributed by atoms with Gasteiger partial charge in [-0.2, -0.15) is 22.6 Å². The van der Waals surface area contributed by atoms with Gasteiger partial charge in [-0.15, -0.1) is 0 Å². The first-order valence-corrected chi connectivity index (χ1v) is 11.3. The zero-order valence-corrected chi connectivity index (χ0v) is 19.7. The first-order chi connectivity index (χ1) is 16.0. The average molecular weight is 495 g/mol. The third-order valence-electron chi connectivity index (χ3n) is 5.08. The molecule has 3 N–H and O–H groups in total. The molecule has 0 radical (unpaired) electrons. The molecular weight excluding hydrogens is 469 g/mol. The van der Waals surface area contributed by atoms with Gasteiger partial charge in [-0.05, 0) is 24.5 Å². The monoisotopic (exact) mass is 494 g/mol. The molecule has 0 unspecified atom stereocenters. The molecule has 4 aromatic heterocycles. The molecule has 0 saturated carbocycles. The van der Waals surface area contributed by atoms with Crippen LogP contribution in [0.5, 0.6) is 0 Å². The molecule has 0 aliphatic rings. The number of hydrogen-bond acceptors (Lipinski definition) is 8. The highest BCUT2D eigenvalue weighted by atomic mass is 32.1. The molecule has 0 aliphatic heterocycles. The second-order valence-electron chi connectivity index (χ2n) is 8.95. The number of rotatable bonds is 9. The van der Waals surface area contributed by atoms with E-state index in [1.807, 2.05) is 17.5 Å². The van der Waals surface area contributed by atoms with Gasteiger partial charge in [0.25, 0.3) is 0 Å². The van der Waals surface area contributed by atoms with Gasteiger partial charge in [0.15, 0.2) is 11.5 Å². The van der Waals surface area contributed by atoms with Crippen molar-refractivity contribution in [3.63, 3.8) is 0 Å². The highest BCUT2D eigenvalue weighted by Gasteiger charge is 2.33. The van der Waals surface area contributed by atoms with Gasteiger partial charge in [0, 0.05) is 43.1 Å². The van der Waals surface area contributed by atoms with Gasteiger partial charge in [0.05, 0.1) is 36.0 Å². The van der Waals surface area contributed by atoms with Gasteiger partial charge < -0.3 is 10.4 Å². The lowest BCUT2D eigenvalue weighted by Gasteiger charge is -2.31. The number of alkyl halides is 3. The summed E-state index contributed by atoms with van der Waals surface area (Å²) in [6, 6.07) is 1.71. The smallest absolute Gasteiger partial charge is 0.396 e. The zero-order chi connectivity index (χ0) is 24.5. The third-order valence-corrected chi connectivity index (χ3v) is 5.82. The average Bonchev–Trinajstić information content (AvgIpc) is 3.47. The van der Waals surface area contributed by atoms with Crippen LogP contribution in [-0.2, 0) is 6.54 Å². The van der Waals surface area contributed by atoms with E-state index in [0.717, 1.165) is 28.5 Å². The number of nitrogens with one attached hydrogen (secondary N) is 2. The predicted molar refractivity (Wildman–Crippen MR) is 123 cm³/mol. The topological polar surface area (TPSA) is 107 Å². The second kappa shape index (κ2) is 9.31. The van der Waals surface area contributed by atoms with Gasteiger partial charge in [-0.1, -0.05) is 13.8 Å². The molecule has 34 heavy (non-hydrogen) atoms. The van der Waals surface area contributed by atoms with E-state index in [4.69, 9.17) is 0 Å². The SMILES string of the molecule is Cc1cn2c(-c3cn[nH]c3)cnc2c(Nc2cc(CN(CC(F)(F)F)CC(C)(C)CO)ns2)n1. The molecule has 0 spiro atoms. The van der Waals surface area contributed by atoms with Crippen molar-refractivity contribution in [3.05, 3.63) is 42.2 Å². The summed E-state index contributed by atoms with van der Waals surface area (Å²) in [4.78, 5) is 10.3. The number of fused-ring (bicyclic) bond motifs is 1. The number of hydrogen-bond donors (Lipinski definition) is 3. The molecule has 0 saturated heterocycles. The van der Waals surface area contributed by atoms with Crippen molar-refractivity contribution in [1.82, 2.24) is 33.8 Å². The van der Waals surface area contributed by atoms with Crippen LogP contribution in [0, 0.1) is 12.3 Å². The van der Waals surface area contributed by atoms with Gasteiger partial charge in [-0.3, -0.25) is 14.4 Å². The van der Waals surface area contributed by atoms with Crippen LogP contribution in [-0.4, -0.2) is 64.8 Å². The van der Waals surface area contributed by atoms with Crippen LogP contribution >= 0.6 is 11.5 Å². The van der Waals surface area contributed by atoms with E-state index in [1.54, 1.807) is 38.5 Å². The van der Waals surface area contributed by atoms with E-state index >= 15 is 0 Å². The first kappa shape index (κ1) is 24.1. The van der Waals surface area contributed by atoms with Gasteiger partial charge in [-0.25, -0.2) is 9.97 Å². The minimum atomic E-state index is -4.35. The molecule has 0 aromatic carbocycles. The summed E-state index contributed by atoms with van der Waals surface area (Å²) in [6.45, 7) is 4.09. The number of aliphatic hydroxyl groups excluding tert-OH is 1. The highest BCUT2D eigenvalue weighted by molar-refractivity contribution is 7.10. The Labute approximate surface area is 197 Å². The minimum absolute atomic E-state index is 0.00575. The molecule has 0 fully saturated rings.